The molecule has 1 aromatic rings. The zero-order valence-electron chi connectivity index (χ0n) is 9.16. The van der Waals surface area contributed by atoms with Crippen molar-refractivity contribution in [2.24, 2.45) is 0 Å². The van der Waals surface area contributed by atoms with Crippen molar-refractivity contribution >= 4 is 5.88 Å². The molecule has 84 valence electrons. The van der Waals surface area contributed by atoms with Gasteiger partial charge in [-0.25, -0.2) is 0 Å². The average Bonchev–Trinajstić information content (AvgIpc) is 2.59. The molecule has 2 heterocycles. The second-order valence-corrected chi connectivity index (χ2v) is 4.15. The fourth-order valence-electron chi connectivity index (χ4n) is 1.95. The van der Waals surface area contributed by atoms with Crippen molar-refractivity contribution in [2.45, 2.75) is 45.1 Å². The summed E-state index contributed by atoms with van der Waals surface area (Å²) in [6.07, 6.45) is 5.98. The van der Waals surface area contributed by atoms with Crippen LogP contribution in [0.1, 0.15) is 36.9 Å². The Kier molecular flexibility index (Phi) is 3.26. The smallest absolute Gasteiger partial charge is 0.225 e. The molecule has 1 aliphatic heterocycles. The average molecular weight is 210 g/mol. The third-order valence-corrected chi connectivity index (χ3v) is 3.03. The molecule has 15 heavy (non-hydrogen) atoms. The molecule has 2 N–H and O–H groups in total. The Balaban J connectivity index is 1.84. The van der Waals surface area contributed by atoms with Gasteiger partial charge in [-0.05, 0) is 39.0 Å². The van der Waals surface area contributed by atoms with Crippen LogP contribution in [0.3, 0.4) is 0 Å². The van der Waals surface area contributed by atoms with Crippen molar-refractivity contribution in [3.63, 3.8) is 0 Å². The van der Waals surface area contributed by atoms with Crippen LogP contribution in [0.5, 0.6) is 0 Å². The van der Waals surface area contributed by atoms with Crippen LogP contribution in [0.25, 0.3) is 0 Å². The van der Waals surface area contributed by atoms with Crippen LogP contribution >= 0.6 is 0 Å². The number of nitrogens with two attached hydrogens (primary N) is 1. The van der Waals surface area contributed by atoms with E-state index in [1.165, 1.54) is 19.3 Å². The first-order valence-electron chi connectivity index (χ1n) is 5.59. The molecule has 1 aromatic heterocycles. The van der Waals surface area contributed by atoms with Crippen molar-refractivity contribution in [1.82, 2.24) is 5.16 Å². The van der Waals surface area contributed by atoms with Gasteiger partial charge >= 0.3 is 0 Å². The van der Waals surface area contributed by atoms with Crippen molar-refractivity contribution in [3.05, 3.63) is 11.3 Å². The molecule has 1 unspecified atom stereocenters. The first-order valence-corrected chi connectivity index (χ1v) is 5.59. The van der Waals surface area contributed by atoms with Crippen LogP contribution in [0, 0.1) is 6.92 Å². The molecule has 0 amide bonds. The quantitative estimate of drug-likeness (QED) is 0.829. The highest BCUT2D eigenvalue weighted by Gasteiger charge is 2.16. The number of nitrogen functional groups attached to an aromatic ring is 1. The number of rotatable bonds is 3. The Morgan fingerprint density at radius 1 is 1.47 bits per heavy atom. The summed E-state index contributed by atoms with van der Waals surface area (Å²) in [5, 5.41) is 3.94. The lowest BCUT2D eigenvalue weighted by molar-refractivity contribution is 0.0112. The lowest BCUT2D eigenvalue weighted by Gasteiger charge is -2.21. The summed E-state index contributed by atoms with van der Waals surface area (Å²) < 4.78 is 10.6. The topological polar surface area (TPSA) is 61.3 Å². The highest BCUT2D eigenvalue weighted by Crippen LogP contribution is 2.20. The SMILES string of the molecule is Cc1c(CCC2CCCCO2)noc1N. The minimum Gasteiger partial charge on any atom is -0.378 e. The van der Waals surface area contributed by atoms with E-state index in [-0.39, 0.29) is 0 Å². The Morgan fingerprint density at radius 2 is 2.33 bits per heavy atom. The van der Waals surface area contributed by atoms with Crippen molar-refractivity contribution < 1.29 is 9.26 Å². The molecule has 0 aromatic carbocycles. The zero-order valence-corrected chi connectivity index (χ0v) is 9.16. The molecule has 0 saturated carbocycles. The molecule has 0 radical (unpaired) electrons. The van der Waals surface area contributed by atoms with E-state index in [4.69, 9.17) is 15.0 Å². The summed E-state index contributed by atoms with van der Waals surface area (Å²) in [5.74, 6) is 0.439. The number of hydrogen-bond donors (Lipinski definition) is 1. The Labute approximate surface area is 89.8 Å². The van der Waals surface area contributed by atoms with Crippen LogP contribution in [-0.4, -0.2) is 17.9 Å². The molecule has 0 aliphatic carbocycles. The lowest BCUT2D eigenvalue weighted by atomic mass is 10.0. The standard InChI is InChI=1S/C11H18N2O2/c1-8-10(13-15-11(8)12)6-5-9-4-2-3-7-14-9/h9H,2-7,12H2,1H3. The first kappa shape index (κ1) is 10.5. The second-order valence-electron chi connectivity index (χ2n) is 4.15. The number of aryl methyl sites for hydroxylation is 1. The van der Waals surface area contributed by atoms with E-state index in [1.54, 1.807) is 0 Å². The maximum Gasteiger partial charge on any atom is 0.225 e. The molecule has 4 nitrogen and oxygen atoms in total. The van der Waals surface area contributed by atoms with Gasteiger partial charge in [0.15, 0.2) is 0 Å². The van der Waals surface area contributed by atoms with E-state index in [0.717, 1.165) is 30.7 Å². The number of ether oxygens (including phenoxy) is 1. The van der Waals surface area contributed by atoms with Crippen LogP contribution in [0.15, 0.2) is 4.52 Å². The van der Waals surface area contributed by atoms with E-state index in [9.17, 15) is 0 Å². The van der Waals surface area contributed by atoms with Gasteiger partial charge in [0.05, 0.1) is 11.8 Å². The summed E-state index contributed by atoms with van der Waals surface area (Å²) >= 11 is 0. The molecule has 0 bridgehead atoms. The van der Waals surface area contributed by atoms with Crippen molar-refractivity contribution in [3.8, 4) is 0 Å². The highest BCUT2D eigenvalue weighted by atomic mass is 16.5. The van der Waals surface area contributed by atoms with Crippen LogP contribution in [0.2, 0.25) is 0 Å². The summed E-state index contributed by atoms with van der Waals surface area (Å²) in [6, 6.07) is 0. The molecular weight excluding hydrogens is 192 g/mol. The number of aromatic nitrogens is 1. The van der Waals surface area contributed by atoms with Gasteiger partial charge in [-0.3, -0.25) is 0 Å². The number of nitrogens with zero attached hydrogens (tertiary/aromatic N) is 1. The van der Waals surface area contributed by atoms with Crippen molar-refractivity contribution in [1.29, 1.82) is 0 Å². The number of hydrogen-bond acceptors (Lipinski definition) is 4. The largest absolute Gasteiger partial charge is 0.378 e. The van der Waals surface area contributed by atoms with Gasteiger partial charge in [0.25, 0.3) is 0 Å². The third-order valence-electron chi connectivity index (χ3n) is 3.03. The normalized spacial score (nSPS) is 21.8. The lowest BCUT2D eigenvalue weighted by Crippen LogP contribution is -2.19. The zero-order chi connectivity index (χ0) is 10.7. The molecule has 1 fully saturated rings. The molecule has 2 rings (SSSR count). The summed E-state index contributed by atoms with van der Waals surface area (Å²) in [6.45, 7) is 2.85. The molecular formula is C11H18N2O2. The monoisotopic (exact) mass is 210 g/mol. The predicted octanol–water partition coefficient (Wildman–Crippen LogP) is 2.07. The minimum atomic E-state index is 0.399. The Bertz CT molecular complexity index is 316. The van der Waals surface area contributed by atoms with Crippen LogP contribution in [0.4, 0.5) is 5.88 Å². The van der Waals surface area contributed by atoms with Crippen LogP contribution in [-0.2, 0) is 11.2 Å². The summed E-state index contributed by atoms with van der Waals surface area (Å²) in [4.78, 5) is 0. The molecule has 1 aliphatic rings. The van der Waals surface area contributed by atoms with Gasteiger partial charge in [-0.15, -0.1) is 0 Å². The third kappa shape index (κ3) is 2.50. The van der Waals surface area contributed by atoms with E-state index in [2.05, 4.69) is 5.16 Å². The maximum atomic E-state index is 5.66. The molecule has 1 atom stereocenters. The van der Waals surface area contributed by atoms with Gasteiger partial charge in [-0.1, -0.05) is 5.16 Å². The maximum absolute atomic E-state index is 5.66. The van der Waals surface area contributed by atoms with Gasteiger partial charge in [0, 0.05) is 12.2 Å². The van der Waals surface area contributed by atoms with E-state index >= 15 is 0 Å². The van der Waals surface area contributed by atoms with Gasteiger partial charge < -0.3 is 15.0 Å². The molecule has 0 spiro atoms. The van der Waals surface area contributed by atoms with Crippen molar-refractivity contribution in [2.75, 3.05) is 12.3 Å². The Hall–Kier alpha value is -1.03. The van der Waals surface area contributed by atoms with E-state index in [1.807, 2.05) is 6.92 Å². The van der Waals surface area contributed by atoms with E-state index in [0.29, 0.717) is 12.0 Å². The molecule has 4 heteroatoms. The fraction of sp³-hybridized carbons (Fsp3) is 0.727. The molecule has 1 saturated heterocycles. The minimum absolute atomic E-state index is 0.399. The number of anilines is 1. The van der Waals surface area contributed by atoms with Gasteiger partial charge in [-0.2, -0.15) is 0 Å². The fourth-order valence-corrected chi connectivity index (χ4v) is 1.95. The van der Waals surface area contributed by atoms with Gasteiger partial charge in [0.2, 0.25) is 5.88 Å². The summed E-state index contributed by atoms with van der Waals surface area (Å²) in [7, 11) is 0. The van der Waals surface area contributed by atoms with Gasteiger partial charge in [0.1, 0.15) is 0 Å². The highest BCUT2D eigenvalue weighted by molar-refractivity contribution is 5.37. The second kappa shape index (κ2) is 4.66. The first-order chi connectivity index (χ1) is 7.27. The predicted molar refractivity (Wildman–Crippen MR) is 57.6 cm³/mol. The van der Waals surface area contributed by atoms with E-state index < -0.39 is 0 Å². The van der Waals surface area contributed by atoms with Crippen LogP contribution < -0.4 is 5.73 Å². The Morgan fingerprint density at radius 3 is 2.93 bits per heavy atom. The summed E-state index contributed by atoms with van der Waals surface area (Å²) in [5.41, 5.74) is 7.54.